The fourth-order valence-electron chi connectivity index (χ4n) is 1.90. The highest BCUT2D eigenvalue weighted by atomic mass is 16.4. The molecule has 2 aromatic rings. The number of carbonyl (C=O) groups is 1. The molecule has 5 heteroatoms. The van der Waals surface area contributed by atoms with E-state index in [0.29, 0.717) is 18.2 Å². The van der Waals surface area contributed by atoms with E-state index >= 15 is 0 Å². The Labute approximate surface area is 118 Å². The lowest BCUT2D eigenvalue weighted by Crippen LogP contribution is -2.28. The molecule has 0 bridgehead atoms. The Kier molecular flexibility index (Phi) is 4.40. The van der Waals surface area contributed by atoms with Crippen molar-refractivity contribution in [2.45, 2.75) is 33.7 Å². The maximum atomic E-state index is 11.8. The van der Waals surface area contributed by atoms with Crippen LogP contribution in [-0.2, 0) is 13.0 Å². The molecule has 0 spiro atoms. The van der Waals surface area contributed by atoms with E-state index in [4.69, 9.17) is 4.42 Å². The summed E-state index contributed by atoms with van der Waals surface area (Å²) in [5.74, 6) is 1.29. The summed E-state index contributed by atoms with van der Waals surface area (Å²) >= 11 is 0. The molecule has 5 nitrogen and oxygen atoms in total. The van der Waals surface area contributed by atoms with Gasteiger partial charge in [0.25, 0.3) is 0 Å². The van der Waals surface area contributed by atoms with Crippen molar-refractivity contribution in [2.24, 2.45) is 0 Å². The van der Waals surface area contributed by atoms with E-state index in [-0.39, 0.29) is 6.03 Å². The number of benzene rings is 1. The van der Waals surface area contributed by atoms with Crippen LogP contribution in [0.1, 0.15) is 29.8 Å². The monoisotopic (exact) mass is 273 g/mol. The van der Waals surface area contributed by atoms with Gasteiger partial charge in [0.1, 0.15) is 5.76 Å². The first-order valence-corrected chi connectivity index (χ1v) is 6.65. The van der Waals surface area contributed by atoms with Crippen LogP contribution in [0, 0.1) is 13.8 Å². The van der Waals surface area contributed by atoms with Gasteiger partial charge in [0.15, 0.2) is 5.89 Å². The average molecular weight is 273 g/mol. The zero-order valence-corrected chi connectivity index (χ0v) is 12.0. The van der Waals surface area contributed by atoms with Crippen LogP contribution in [0.3, 0.4) is 0 Å². The molecule has 0 aliphatic heterocycles. The highest BCUT2D eigenvalue weighted by Gasteiger charge is 2.08. The van der Waals surface area contributed by atoms with Crippen molar-refractivity contribution in [3.8, 4) is 0 Å². The highest BCUT2D eigenvalue weighted by Crippen LogP contribution is 2.11. The molecule has 2 amide bonds. The summed E-state index contributed by atoms with van der Waals surface area (Å²) in [6.45, 7) is 6.06. The minimum atomic E-state index is -0.261. The second-order valence-electron chi connectivity index (χ2n) is 4.60. The third-order valence-electron chi connectivity index (χ3n) is 3.03. The molecule has 0 saturated heterocycles. The number of aryl methyl sites for hydroxylation is 3. The minimum Gasteiger partial charge on any atom is -0.444 e. The van der Waals surface area contributed by atoms with Crippen molar-refractivity contribution in [3.05, 3.63) is 47.2 Å². The number of nitrogens with zero attached hydrogens (tertiary/aromatic N) is 1. The molecular formula is C15H19N3O2. The summed E-state index contributed by atoms with van der Waals surface area (Å²) in [5.41, 5.74) is 2.81. The molecule has 0 aliphatic rings. The second-order valence-corrected chi connectivity index (χ2v) is 4.60. The molecule has 0 unspecified atom stereocenters. The molecule has 1 aromatic heterocycles. The van der Waals surface area contributed by atoms with Crippen molar-refractivity contribution >= 4 is 11.7 Å². The fraction of sp³-hybridized carbons (Fsp3) is 0.333. The van der Waals surface area contributed by atoms with Gasteiger partial charge < -0.3 is 15.1 Å². The van der Waals surface area contributed by atoms with E-state index in [1.807, 2.05) is 31.2 Å². The molecule has 0 atom stereocenters. The molecule has 20 heavy (non-hydrogen) atoms. The van der Waals surface area contributed by atoms with Gasteiger partial charge in [-0.1, -0.05) is 19.1 Å². The lowest BCUT2D eigenvalue weighted by Gasteiger charge is -2.07. The summed E-state index contributed by atoms with van der Waals surface area (Å²) < 4.78 is 5.39. The van der Waals surface area contributed by atoms with Gasteiger partial charge in [0.2, 0.25) is 0 Å². The zero-order chi connectivity index (χ0) is 14.5. The standard InChI is InChI=1S/C15H19N3O2/c1-4-12-5-7-13(8-6-12)18-15(19)16-9-14-10(2)17-11(3)20-14/h5-8H,4,9H2,1-3H3,(H2,16,18,19). The number of amides is 2. The lowest BCUT2D eigenvalue weighted by molar-refractivity contribution is 0.250. The fourth-order valence-corrected chi connectivity index (χ4v) is 1.90. The Hall–Kier alpha value is -2.30. The first-order valence-electron chi connectivity index (χ1n) is 6.65. The van der Waals surface area contributed by atoms with Gasteiger partial charge in [0, 0.05) is 12.6 Å². The SMILES string of the molecule is CCc1ccc(NC(=O)NCc2oc(C)nc2C)cc1. The quantitative estimate of drug-likeness (QED) is 0.899. The minimum absolute atomic E-state index is 0.261. The van der Waals surface area contributed by atoms with Crippen LogP contribution in [-0.4, -0.2) is 11.0 Å². The van der Waals surface area contributed by atoms with Crippen LogP contribution in [0.15, 0.2) is 28.7 Å². The molecule has 0 fully saturated rings. The molecule has 0 radical (unpaired) electrons. The Morgan fingerprint density at radius 1 is 1.25 bits per heavy atom. The maximum absolute atomic E-state index is 11.8. The zero-order valence-electron chi connectivity index (χ0n) is 12.0. The molecule has 2 N–H and O–H groups in total. The van der Waals surface area contributed by atoms with Gasteiger partial charge in [-0.2, -0.15) is 0 Å². The molecule has 106 valence electrons. The van der Waals surface area contributed by atoms with E-state index in [1.54, 1.807) is 6.92 Å². The van der Waals surface area contributed by atoms with Crippen molar-refractivity contribution in [3.63, 3.8) is 0 Å². The average Bonchev–Trinajstić information content (AvgIpc) is 2.75. The van der Waals surface area contributed by atoms with Crippen molar-refractivity contribution in [2.75, 3.05) is 5.32 Å². The Bertz CT molecular complexity index is 588. The second kappa shape index (κ2) is 6.23. The van der Waals surface area contributed by atoms with Gasteiger partial charge in [-0.05, 0) is 31.0 Å². The summed E-state index contributed by atoms with van der Waals surface area (Å²) in [5, 5.41) is 5.52. The molecule has 0 saturated carbocycles. The van der Waals surface area contributed by atoms with E-state index in [0.717, 1.165) is 17.8 Å². The van der Waals surface area contributed by atoms with Crippen LogP contribution in [0.2, 0.25) is 0 Å². The van der Waals surface area contributed by atoms with E-state index in [1.165, 1.54) is 5.56 Å². The van der Waals surface area contributed by atoms with Crippen LogP contribution >= 0.6 is 0 Å². The third kappa shape index (κ3) is 3.60. The van der Waals surface area contributed by atoms with Crippen molar-refractivity contribution < 1.29 is 9.21 Å². The number of rotatable bonds is 4. The number of carbonyl (C=O) groups excluding carboxylic acids is 1. The number of hydrogen-bond acceptors (Lipinski definition) is 3. The largest absolute Gasteiger partial charge is 0.444 e. The van der Waals surface area contributed by atoms with Crippen molar-refractivity contribution in [1.82, 2.24) is 10.3 Å². The summed E-state index contributed by atoms with van der Waals surface area (Å²) in [7, 11) is 0. The Balaban J connectivity index is 1.87. The highest BCUT2D eigenvalue weighted by molar-refractivity contribution is 5.89. The lowest BCUT2D eigenvalue weighted by atomic mass is 10.1. The first kappa shape index (κ1) is 14.1. The van der Waals surface area contributed by atoms with Gasteiger partial charge >= 0.3 is 6.03 Å². The van der Waals surface area contributed by atoms with Crippen LogP contribution < -0.4 is 10.6 Å². The third-order valence-corrected chi connectivity index (χ3v) is 3.03. The predicted octanol–water partition coefficient (Wildman–Crippen LogP) is 3.18. The van der Waals surface area contributed by atoms with E-state index in [9.17, 15) is 4.79 Å². The molecular weight excluding hydrogens is 254 g/mol. The number of urea groups is 1. The first-order chi connectivity index (χ1) is 9.58. The van der Waals surface area contributed by atoms with Crippen molar-refractivity contribution in [1.29, 1.82) is 0 Å². The summed E-state index contributed by atoms with van der Waals surface area (Å²) in [6.07, 6.45) is 0.983. The number of hydrogen-bond donors (Lipinski definition) is 2. The van der Waals surface area contributed by atoms with Gasteiger partial charge in [-0.25, -0.2) is 9.78 Å². The van der Waals surface area contributed by atoms with Crippen LogP contribution in [0.5, 0.6) is 0 Å². The van der Waals surface area contributed by atoms with Crippen LogP contribution in [0.4, 0.5) is 10.5 Å². The number of nitrogens with one attached hydrogen (secondary N) is 2. The molecule has 1 heterocycles. The van der Waals surface area contributed by atoms with Gasteiger partial charge in [-0.3, -0.25) is 0 Å². The predicted molar refractivity (Wildman–Crippen MR) is 77.7 cm³/mol. The maximum Gasteiger partial charge on any atom is 0.319 e. The molecule has 0 aliphatic carbocycles. The topological polar surface area (TPSA) is 67.2 Å². The van der Waals surface area contributed by atoms with E-state index < -0.39 is 0 Å². The summed E-state index contributed by atoms with van der Waals surface area (Å²) in [4.78, 5) is 15.9. The number of anilines is 1. The normalized spacial score (nSPS) is 10.3. The smallest absolute Gasteiger partial charge is 0.319 e. The molecule has 1 aromatic carbocycles. The van der Waals surface area contributed by atoms with Gasteiger partial charge in [0.05, 0.1) is 12.2 Å². The van der Waals surface area contributed by atoms with Gasteiger partial charge in [-0.15, -0.1) is 0 Å². The number of oxazole rings is 1. The number of aromatic nitrogens is 1. The van der Waals surface area contributed by atoms with Crippen LogP contribution in [0.25, 0.3) is 0 Å². The summed E-state index contributed by atoms with van der Waals surface area (Å²) in [6, 6.07) is 7.52. The van der Waals surface area contributed by atoms with E-state index in [2.05, 4.69) is 22.5 Å². The molecule has 2 rings (SSSR count). The Morgan fingerprint density at radius 3 is 2.50 bits per heavy atom. The Morgan fingerprint density at radius 2 is 1.95 bits per heavy atom.